The van der Waals surface area contributed by atoms with Crippen molar-refractivity contribution in [1.29, 1.82) is 0 Å². The van der Waals surface area contributed by atoms with Crippen LogP contribution in [0.2, 0.25) is 0 Å². The fourth-order valence-corrected chi connectivity index (χ4v) is 1.25. The molecule has 0 saturated heterocycles. The van der Waals surface area contributed by atoms with Crippen molar-refractivity contribution < 1.29 is 0 Å². The first-order chi connectivity index (χ1) is 5.28. The van der Waals surface area contributed by atoms with Gasteiger partial charge in [-0.1, -0.05) is 26.0 Å². The average molecular weight is 152 g/mol. The summed E-state index contributed by atoms with van der Waals surface area (Å²) < 4.78 is 0. The van der Waals surface area contributed by atoms with Crippen LogP contribution in [0.5, 0.6) is 0 Å². The van der Waals surface area contributed by atoms with Gasteiger partial charge in [0.05, 0.1) is 0 Å². The standard InChI is InChI=1S/C11H20/c1-5-10(6-2)9-11(7-3)8-4/h5,7,10-11H,1,3,6,8-9H2,2,4H3. The maximum atomic E-state index is 3.82. The van der Waals surface area contributed by atoms with E-state index in [0.29, 0.717) is 11.8 Å². The van der Waals surface area contributed by atoms with Gasteiger partial charge in [0.15, 0.2) is 0 Å². The Kier molecular flexibility index (Phi) is 5.91. The molecule has 64 valence electrons. The molecule has 11 heavy (non-hydrogen) atoms. The molecule has 0 amide bonds. The summed E-state index contributed by atoms with van der Waals surface area (Å²) in [4.78, 5) is 0. The fourth-order valence-electron chi connectivity index (χ4n) is 1.25. The molecular weight excluding hydrogens is 132 g/mol. The first-order valence-corrected chi connectivity index (χ1v) is 4.53. The van der Waals surface area contributed by atoms with Crippen LogP contribution >= 0.6 is 0 Å². The lowest BCUT2D eigenvalue weighted by atomic mass is 9.91. The molecule has 0 saturated carbocycles. The van der Waals surface area contributed by atoms with Gasteiger partial charge in [-0.25, -0.2) is 0 Å². The molecular formula is C11H20. The normalized spacial score (nSPS) is 15.5. The summed E-state index contributed by atoms with van der Waals surface area (Å²) in [6.45, 7) is 12.1. The van der Waals surface area contributed by atoms with E-state index in [-0.39, 0.29) is 0 Å². The predicted octanol–water partition coefficient (Wildman–Crippen LogP) is 3.80. The largest absolute Gasteiger partial charge is 0.103 e. The molecule has 0 rings (SSSR count). The minimum Gasteiger partial charge on any atom is -0.103 e. The van der Waals surface area contributed by atoms with Gasteiger partial charge >= 0.3 is 0 Å². The van der Waals surface area contributed by atoms with Crippen LogP contribution in [0.1, 0.15) is 33.1 Å². The third kappa shape index (κ3) is 4.02. The number of hydrogen-bond donors (Lipinski definition) is 0. The highest BCUT2D eigenvalue weighted by atomic mass is 14.1. The molecule has 0 bridgehead atoms. The Labute approximate surface area is 71.0 Å². The van der Waals surface area contributed by atoms with Crippen LogP contribution < -0.4 is 0 Å². The van der Waals surface area contributed by atoms with Crippen molar-refractivity contribution in [3.8, 4) is 0 Å². The molecule has 0 spiro atoms. The number of hydrogen-bond acceptors (Lipinski definition) is 0. The molecule has 0 aliphatic carbocycles. The van der Waals surface area contributed by atoms with E-state index in [4.69, 9.17) is 0 Å². The lowest BCUT2D eigenvalue weighted by Crippen LogP contribution is -2.02. The number of allylic oxidation sites excluding steroid dienone is 2. The van der Waals surface area contributed by atoms with Gasteiger partial charge in [-0.15, -0.1) is 13.2 Å². The fraction of sp³-hybridized carbons (Fsp3) is 0.636. The minimum absolute atomic E-state index is 0.679. The molecule has 0 aromatic rings. The molecule has 0 aromatic carbocycles. The van der Waals surface area contributed by atoms with Gasteiger partial charge in [0.25, 0.3) is 0 Å². The van der Waals surface area contributed by atoms with E-state index in [1.165, 1.54) is 19.3 Å². The Morgan fingerprint density at radius 3 is 1.55 bits per heavy atom. The van der Waals surface area contributed by atoms with E-state index < -0.39 is 0 Å². The van der Waals surface area contributed by atoms with Gasteiger partial charge in [-0.3, -0.25) is 0 Å². The zero-order chi connectivity index (χ0) is 8.69. The number of rotatable bonds is 6. The average Bonchev–Trinajstić information content (AvgIpc) is 2.07. The first kappa shape index (κ1) is 10.5. The van der Waals surface area contributed by atoms with E-state index in [9.17, 15) is 0 Å². The molecule has 0 nitrogen and oxygen atoms in total. The van der Waals surface area contributed by atoms with Crippen molar-refractivity contribution in [1.82, 2.24) is 0 Å². The SMILES string of the molecule is C=CC(CC)CC(C=C)CC. The maximum Gasteiger partial charge on any atom is -0.0233 e. The lowest BCUT2D eigenvalue weighted by Gasteiger charge is -2.14. The molecule has 0 aromatic heterocycles. The molecule has 2 unspecified atom stereocenters. The third-order valence-electron chi connectivity index (χ3n) is 2.32. The van der Waals surface area contributed by atoms with Crippen LogP contribution in [0.4, 0.5) is 0 Å². The summed E-state index contributed by atoms with van der Waals surface area (Å²) in [5.41, 5.74) is 0. The summed E-state index contributed by atoms with van der Waals surface area (Å²) in [6, 6.07) is 0. The molecule has 2 atom stereocenters. The highest BCUT2D eigenvalue weighted by Crippen LogP contribution is 2.19. The van der Waals surface area contributed by atoms with E-state index in [1.807, 2.05) is 0 Å². The Morgan fingerprint density at radius 2 is 1.36 bits per heavy atom. The van der Waals surface area contributed by atoms with Crippen LogP contribution in [0, 0.1) is 11.8 Å². The van der Waals surface area contributed by atoms with Crippen molar-refractivity contribution in [3.05, 3.63) is 25.3 Å². The summed E-state index contributed by atoms with van der Waals surface area (Å²) in [6.07, 6.45) is 7.75. The van der Waals surface area contributed by atoms with E-state index in [1.54, 1.807) is 0 Å². The van der Waals surface area contributed by atoms with Gasteiger partial charge in [-0.05, 0) is 31.1 Å². The highest BCUT2D eigenvalue weighted by Gasteiger charge is 2.07. The van der Waals surface area contributed by atoms with Gasteiger partial charge in [0.2, 0.25) is 0 Å². The first-order valence-electron chi connectivity index (χ1n) is 4.53. The van der Waals surface area contributed by atoms with Crippen LogP contribution in [0.25, 0.3) is 0 Å². The second kappa shape index (κ2) is 6.21. The molecule has 0 aliphatic heterocycles. The molecule has 0 heteroatoms. The van der Waals surface area contributed by atoms with Gasteiger partial charge < -0.3 is 0 Å². The Bertz CT molecular complexity index is 99.2. The van der Waals surface area contributed by atoms with E-state index in [0.717, 1.165) is 0 Å². The Morgan fingerprint density at radius 1 is 1.00 bits per heavy atom. The minimum atomic E-state index is 0.679. The Hall–Kier alpha value is -0.520. The van der Waals surface area contributed by atoms with Gasteiger partial charge in [0.1, 0.15) is 0 Å². The van der Waals surface area contributed by atoms with Crippen LogP contribution in [-0.4, -0.2) is 0 Å². The summed E-state index contributed by atoms with van der Waals surface area (Å²) in [7, 11) is 0. The van der Waals surface area contributed by atoms with Crippen LogP contribution in [-0.2, 0) is 0 Å². The topological polar surface area (TPSA) is 0 Å². The molecule has 0 fully saturated rings. The lowest BCUT2D eigenvalue weighted by molar-refractivity contribution is 0.463. The molecule has 0 aliphatic rings. The smallest absolute Gasteiger partial charge is 0.0233 e. The molecule has 0 radical (unpaired) electrons. The van der Waals surface area contributed by atoms with Crippen LogP contribution in [0.15, 0.2) is 25.3 Å². The second-order valence-electron chi connectivity index (χ2n) is 3.04. The Balaban J connectivity index is 3.76. The zero-order valence-corrected chi connectivity index (χ0v) is 7.84. The summed E-state index contributed by atoms with van der Waals surface area (Å²) in [5.74, 6) is 1.36. The van der Waals surface area contributed by atoms with E-state index >= 15 is 0 Å². The van der Waals surface area contributed by atoms with Gasteiger partial charge in [0, 0.05) is 0 Å². The predicted molar refractivity (Wildman–Crippen MR) is 52.6 cm³/mol. The quantitative estimate of drug-likeness (QED) is 0.508. The highest BCUT2D eigenvalue weighted by molar-refractivity contribution is 4.85. The van der Waals surface area contributed by atoms with Crippen molar-refractivity contribution in [3.63, 3.8) is 0 Å². The van der Waals surface area contributed by atoms with Crippen molar-refractivity contribution in [2.45, 2.75) is 33.1 Å². The van der Waals surface area contributed by atoms with Crippen molar-refractivity contribution in [2.75, 3.05) is 0 Å². The summed E-state index contributed by atoms with van der Waals surface area (Å²) >= 11 is 0. The zero-order valence-electron chi connectivity index (χ0n) is 7.84. The maximum absolute atomic E-state index is 3.82. The van der Waals surface area contributed by atoms with Crippen molar-refractivity contribution in [2.24, 2.45) is 11.8 Å². The molecule has 0 heterocycles. The van der Waals surface area contributed by atoms with Crippen molar-refractivity contribution >= 4 is 0 Å². The van der Waals surface area contributed by atoms with E-state index in [2.05, 4.69) is 39.2 Å². The van der Waals surface area contributed by atoms with Crippen LogP contribution in [0.3, 0.4) is 0 Å². The monoisotopic (exact) mass is 152 g/mol. The third-order valence-corrected chi connectivity index (χ3v) is 2.32. The summed E-state index contributed by atoms with van der Waals surface area (Å²) in [5, 5.41) is 0. The van der Waals surface area contributed by atoms with Gasteiger partial charge in [-0.2, -0.15) is 0 Å². The molecule has 0 N–H and O–H groups in total. The second-order valence-corrected chi connectivity index (χ2v) is 3.04.